The molecule has 0 aliphatic rings. The minimum absolute atomic E-state index is 0.339. The molecular weight excluding hydrogens is 256 g/mol. The molecule has 0 amide bonds. The highest BCUT2D eigenvalue weighted by atomic mass is 16.6. The average Bonchev–Trinajstić information content (AvgIpc) is 2.39. The van der Waals surface area contributed by atoms with Crippen molar-refractivity contribution in [1.82, 2.24) is 0 Å². The van der Waals surface area contributed by atoms with Crippen LogP contribution in [0.25, 0.3) is 6.08 Å². The van der Waals surface area contributed by atoms with Crippen molar-refractivity contribution in [2.45, 2.75) is 33.3 Å². The number of hydrogen-bond acceptors (Lipinski definition) is 4. The number of benzene rings is 1. The van der Waals surface area contributed by atoms with Crippen LogP contribution >= 0.6 is 0 Å². The highest BCUT2D eigenvalue weighted by Gasteiger charge is 2.31. The summed E-state index contributed by atoms with van der Waals surface area (Å²) < 4.78 is 15.7. The van der Waals surface area contributed by atoms with E-state index in [1.807, 2.05) is 31.2 Å². The molecule has 1 rings (SSSR count). The molecular formula is C16H22O4. The fraction of sp³-hybridized carbons (Fsp3) is 0.438. The quantitative estimate of drug-likeness (QED) is 0.591. The second-order valence-electron chi connectivity index (χ2n) is 4.90. The smallest absolute Gasteiger partial charge is 0.349 e. The second kappa shape index (κ2) is 6.98. The Balaban J connectivity index is 2.88. The zero-order chi connectivity index (χ0) is 15.2. The highest BCUT2D eigenvalue weighted by Crippen LogP contribution is 2.25. The van der Waals surface area contributed by atoms with E-state index in [0.717, 1.165) is 11.1 Å². The summed E-state index contributed by atoms with van der Waals surface area (Å²) in [7, 11) is 1.60. The monoisotopic (exact) mass is 278 g/mol. The topological polar surface area (TPSA) is 44.8 Å². The number of carbonyl (C=O) groups is 1. The number of aryl methyl sites for hydroxylation is 1. The van der Waals surface area contributed by atoms with Gasteiger partial charge in [0.05, 0.1) is 20.0 Å². The Bertz CT molecular complexity index is 489. The van der Waals surface area contributed by atoms with Gasteiger partial charge in [0.2, 0.25) is 0 Å². The molecule has 110 valence electrons. The molecule has 4 nitrogen and oxygen atoms in total. The molecule has 0 fully saturated rings. The van der Waals surface area contributed by atoms with Gasteiger partial charge in [0.1, 0.15) is 5.75 Å². The lowest BCUT2D eigenvalue weighted by atomic mass is 10.1. The third-order valence-corrected chi connectivity index (χ3v) is 2.73. The van der Waals surface area contributed by atoms with E-state index in [-0.39, 0.29) is 5.97 Å². The summed E-state index contributed by atoms with van der Waals surface area (Å²) in [6, 6.07) is 5.71. The van der Waals surface area contributed by atoms with Crippen LogP contribution in [0, 0.1) is 6.92 Å². The van der Waals surface area contributed by atoms with E-state index in [2.05, 4.69) is 0 Å². The Kier molecular flexibility index (Phi) is 5.62. The number of rotatable bonds is 6. The van der Waals surface area contributed by atoms with Crippen LogP contribution in [-0.2, 0) is 14.3 Å². The molecule has 20 heavy (non-hydrogen) atoms. The van der Waals surface area contributed by atoms with Gasteiger partial charge in [-0.1, -0.05) is 6.07 Å². The molecule has 1 aromatic rings. The predicted octanol–water partition coefficient (Wildman–Crippen LogP) is 3.33. The lowest BCUT2D eigenvalue weighted by molar-refractivity contribution is -0.158. The molecule has 0 heterocycles. The van der Waals surface area contributed by atoms with Crippen molar-refractivity contribution < 1.29 is 19.0 Å². The molecule has 0 saturated carbocycles. The fourth-order valence-electron chi connectivity index (χ4n) is 1.66. The van der Waals surface area contributed by atoms with Gasteiger partial charge in [-0.25, -0.2) is 4.79 Å². The molecule has 1 aromatic carbocycles. The minimum Gasteiger partial charge on any atom is -0.504 e. The maximum absolute atomic E-state index is 11.8. The summed E-state index contributed by atoms with van der Waals surface area (Å²) >= 11 is 0. The first-order valence-corrected chi connectivity index (χ1v) is 6.57. The Labute approximate surface area is 120 Å². The van der Waals surface area contributed by atoms with Crippen LogP contribution in [0.1, 0.15) is 31.9 Å². The van der Waals surface area contributed by atoms with E-state index < -0.39 is 5.60 Å². The summed E-state index contributed by atoms with van der Waals surface area (Å²) in [5.74, 6) is 0.292. The Morgan fingerprint density at radius 3 is 2.60 bits per heavy atom. The van der Waals surface area contributed by atoms with E-state index >= 15 is 0 Å². The maximum Gasteiger partial charge on any atom is 0.349 e. The lowest BCUT2D eigenvalue weighted by Crippen LogP contribution is -2.39. The third kappa shape index (κ3) is 4.30. The van der Waals surface area contributed by atoms with Gasteiger partial charge in [0.15, 0.2) is 5.60 Å². The van der Waals surface area contributed by atoms with E-state index in [4.69, 9.17) is 14.2 Å². The van der Waals surface area contributed by atoms with E-state index in [1.54, 1.807) is 34.1 Å². The van der Waals surface area contributed by atoms with Gasteiger partial charge < -0.3 is 14.2 Å². The standard InChI is InChI=1S/C16H22O4/c1-6-19-15(17)16(3,4)20-14-8-7-13(9-10-18-5)11-12(14)2/h7-11H,6H2,1-5H3/b10-9+. The van der Waals surface area contributed by atoms with Crippen molar-refractivity contribution in [2.24, 2.45) is 0 Å². The van der Waals surface area contributed by atoms with Crippen molar-refractivity contribution in [1.29, 1.82) is 0 Å². The minimum atomic E-state index is -1.01. The van der Waals surface area contributed by atoms with Crippen LogP contribution in [0.2, 0.25) is 0 Å². The zero-order valence-corrected chi connectivity index (χ0v) is 12.7. The van der Waals surface area contributed by atoms with Gasteiger partial charge in [-0.15, -0.1) is 0 Å². The molecule has 0 radical (unpaired) electrons. The number of methoxy groups -OCH3 is 1. The van der Waals surface area contributed by atoms with E-state index in [1.165, 1.54) is 0 Å². The Morgan fingerprint density at radius 2 is 2.05 bits per heavy atom. The van der Waals surface area contributed by atoms with Crippen molar-refractivity contribution in [2.75, 3.05) is 13.7 Å². The maximum atomic E-state index is 11.8. The van der Waals surface area contributed by atoms with Crippen LogP contribution in [0.15, 0.2) is 24.5 Å². The number of carbonyl (C=O) groups excluding carboxylic acids is 1. The van der Waals surface area contributed by atoms with Crippen LogP contribution < -0.4 is 4.74 Å². The Morgan fingerprint density at radius 1 is 1.35 bits per heavy atom. The van der Waals surface area contributed by atoms with Gasteiger partial charge in [0, 0.05) is 0 Å². The lowest BCUT2D eigenvalue weighted by Gasteiger charge is -2.25. The van der Waals surface area contributed by atoms with Crippen LogP contribution in [-0.4, -0.2) is 25.3 Å². The molecule has 0 aliphatic heterocycles. The van der Waals surface area contributed by atoms with Crippen molar-refractivity contribution in [3.63, 3.8) is 0 Å². The highest BCUT2D eigenvalue weighted by molar-refractivity contribution is 5.79. The van der Waals surface area contributed by atoms with E-state index in [9.17, 15) is 4.79 Å². The molecule has 0 unspecified atom stereocenters. The number of ether oxygens (including phenoxy) is 3. The molecule has 0 spiro atoms. The molecule has 0 saturated heterocycles. The van der Waals surface area contributed by atoms with Gasteiger partial charge >= 0.3 is 5.97 Å². The first-order chi connectivity index (χ1) is 9.40. The molecule has 0 N–H and O–H groups in total. The Hall–Kier alpha value is -1.97. The summed E-state index contributed by atoms with van der Waals surface area (Å²) in [5.41, 5.74) is 0.941. The summed E-state index contributed by atoms with van der Waals surface area (Å²) in [5, 5.41) is 0. The van der Waals surface area contributed by atoms with Gasteiger partial charge in [0.25, 0.3) is 0 Å². The van der Waals surface area contributed by atoms with Crippen LogP contribution in [0.3, 0.4) is 0 Å². The van der Waals surface area contributed by atoms with Gasteiger partial charge in [-0.2, -0.15) is 0 Å². The third-order valence-electron chi connectivity index (χ3n) is 2.73. The summed E-state index contributed by atoms with van der Waals surface area (Å²) in [6.45, 7) is 7.44. The van der Waals surface area contributed by atoms with Gasteiger partial charge in [-0.05, 0) is 57.0 Å². The number of esters is 1. The zero-order valence-electron chi connectivity index (χ0n) is 12.7. The molecule has 0 bridgehead atoms. The molecule has 0 atom stereocenters. The molecule has 0 aromatic heterocycles. The molecule has 0 aliphatic carbocycles. The van der Waals surface area contributed by atoms with Gasteiger partial charge in [-0.3, -0.25) is 0 Å². The van der Waals surface area contributed by atoms with Crippen molar-refractivity contribution in [3.05, 3.63) is 35.6 Å². The second-order valence-corrected chi connectivity index (χ2v) is 4.90. The van der Waals surface area contributed by atoms with Crippen molar-refractivity contribution >= 4 is 12.0 Å². The van der Waals surface area contributed by atoms with Crippen molar-refractivity contribution in [3.8, 4) is 5.75 Å². The first-order valence-electron chi connectivity index (χ1n) is 6.57. The predicted molar refractivity (Wildman–Crippen MR) is 78.6 cm³/mol. The normalized spacial score (nSPS) is 11.4. The number of hydrogen-bond donors (Lipinski definition) is 0. The molecule has 4 heteroatoms. The largest absolute Gasteiger partial charge is 0.504 e. The van der Waals surface area contributed by atoms with E-state index in [0.29, 0.717) is 12.4 Å². The van der Waals surface area contributed by atoms with Crippen LogP contribution in [0.4, 0.5) is 0 Å². The average molecular weight is 278 g/mol. The van der Waals surface area contributed by atoms with Crippen LogP contribution in [0.5, 0.6) is 5.75 Å². The summed E-state index contributed by atoms with van der Waals surface area (Å²) in [4.78, 5) is 11.8. The first kappa shape index (κ1) is 16.1. The summed E-state index contributed by atoms with van der Waals surface area (Å²) in [6.07, 6.45) is 3.46. The fourth-order valence-corrected chi connectivity index (χ4v) is 1.66. The SMILES string of the molecule is CCOC(=O)C(C)(C)Oc1ccc(/C=C/OC)cc1C.